The van der Waals surface area contributed by atoms with Crippen LogP contribution in [0.3, 0.4) is 0 Å². The second-order valence-corrected chi connectivity index (χ2v) is 6.71. The molecule has 0 bridgehead atoms. The number of thioether (sulfide) groups is 1. The molecule has 0 unspecified atom stereocenters. The van der Waals surface area contributed by atoms with Crippen molar-refractivity contribution in [1.82, 2.24) is 5.32 Å². The zero-order valence-corrected chi connectivity index (χ0v) is 14.8. The van der Waals surface area contributed by atoms with Crippen LogP contribution in [0.1, 0.15) is 16.7 Å². The van der Waals surface area contributed by atoms with Gasteiger partial charge < -0.3 is 10.1 Å². The first-order valence-electron chi connectivity index (χ1n) is 7.83. The number of benzene rings is 2. The molecule has 3 nitrogen and oxygen atoms in total. The number of hydrogen-bond acceptors (Lipinski definition) is 3. The maximum atomic E-state index is 13.4. The van der Waals surface area contributed by atoms with E-state index in [0.29, 0.717) is 23.6 Å². The highest BCUT2D eigenvalue weighted by atomic mass is 32.2. The minimum atomic E-state index is -0.184. The van der Waals surface area contributed by atoms with Crippen LogP contribution in [0.15, 0.2) is 42.5 Å². The molecule has 0 aliphatic carbocycles. The van der Waals surface area contributed by atoms with Crippen molar-refractivity contribution >= 4 is 17.7 Å². The van der Waals surface area contributed by atoms with Crippen LogP contribution in [0.4, 0.5) is 4.39 Å². The van der Waals surface area contributed by atoms with Crippen molar-refractivity contribution in [3.05, 3.63) is 65.0 Å². The quantitative estimate of drug-likeness (QED) is 0.737. The van der Waals surface area contributed by atoms with E-state index in [1.54, 1.807) is 23.9 Å². The first kappa shape index (κ1) is 18.3. The van der Waals surface area contributed by atoms with E-state index >= 15 is 0 Å². The Kier molecular flexibility index (Phi) is 7.12. The van der Waals surface area contributed by atoms with E-state index in [1.807, 2.05) is 32.0 Å². The minimum absolute atomic E-state index is 0.000866. The molecule has 2 rings (SSSR count). The van der Waals surface area contributed by atoms with Crippen molar-refractivity contribution in [3.63, 3.8) is 0 Å². The van der Waals surface area contributed by atoms with E-state index in [0.717, 1.165) is 16.9 Å². The molecule has 0 aromatic heterocycles. The molecule has 0 atom stereocenters. The fraction of sp³-hybridized carbons (Fsp3) is 0.316. The summed E-state index contributed by atoms with van der Waals surface area (Å²) in [5.74, 6) is 1.69. The van der Waals surface area contributed by atoms with Crippen LogP contribution in [0.25, 0.3) is 0 Å². The summed E-state index contributed by atoms with van der Waals surface area (Å²) in [6.07, 6.45) is 0. The van der Waals surface area contributed by atoms with E-state index in [4.69, 9.17) is 4.74 Å². The molecule has 1 N–H and O–H groups in total. The summed E-state index contributed by atoms with van der Waals surface area (Å²) in [6.45, 7) is 4.52. The fourth-order valence-corrected chi connectivity index (χ4v) is 3.12. The lowest BCUT2D eigenvalue weighted by Gasteiger charge is -2.09. The van der Waals surface area contributed by atoms with Crippen LogP contribution >= 0.6 is 11.8 Å². The molecular formula is C19H22FNO2S. The van der Waals surface area contributed by atoms with Gasteiger partial charge in [-0.05, 0) is 48.7 Å². The SMILES string of the molecule is Cc1cc(C)cc(OCC(=O)NCCSCc2ccccc2F)c1. The van der Waals surface area contributed by atoms with Crippen molar-refractivity contribution in [3.8, 4) is 5.75 Å². The Labute approximate surface area is 146 Å². The number of amides is 1. The largest absolute Gasteiger partial charge is 0.484 e. The Morgan fingerprint density at radius 2 is 1.88 bits per heavy atom. The third kappa shape index (κ3) is 6.24. The molecular weight excluding hydrogens is 325 g/mol. The Bertz CT molecular complexity index is 671. The lowest BCUT2D eigenvalue weighted by atomic mass is 10.1. The van der Waals surface area contributed by atoms with Gasteiger partial charge in [0.25, 0.3) is 5.91 Å². The molecule has 0 fully saturated rings. The maximum Gasteiger partial charge on any atom is 0.257 e. The van der Waals surface area contributed by atoms with Crippen LogP contribution in [0, 0.1) is 19.7 Å². The van der Waals surface area contributed by atoms with E-state index in [9.17, 15) is 9.18 Å². The number of carbonyl (C=O) groups excluding carboxylic acids is 1. The number of nitrogens with one attached hydrogen (secondary N) is 1. The number of rotatable bonds is 8. The second kappa shape index (κ2) is 9.33. The highest BCUT2D eigenvalue weighted by Gasteiger charge is 2.04. The lowest BCUT2D eigenvalue weighted by molar-refractivity contribution is -0.122. The smallest absolute Gasteiger partial charge is 0.257 e. The topological polar surface area (TPSA) is 38.3 Å². The van der Waals surface area contributed by atoms with Crippen molar-refractivity contribution in [2.24, 2.45) is 0 Å². The average Bonchev–Trinajstić information content (AvgIpc) is 2.53. The number of aryl methyl sites for hydroxylation is 2. The Morgan fingerprint density at radius 1 is 1.17 bits per heavy atom. The van der Waals surface area contributed by atoms with Gasteiger partial charge in [-0.25, -0.2) is 4.39 Å². The molecule has 0 radical (unpaired) electrons. The summed E-state index contributed by atoms with van der Waals surface area (Å²) < 4.78 is 18.9. The fourth-order valence-electron chi connectivity index (χ4n) is 2.28. The first-order chi connectivity index (χ1) is 11.5. The van der Waals surface area contributed by atoms with Crippen LogP contribution in [-0.4, -0.2) is 24.8 Å². The van der Waals surface area contributed by atoms with Crippen molar-refractivity contribution in [2.45, 2.75) is 19.6 Å². The third-order valence-electron chi connectivity index (χ3n) is 3.35. The van der Waals surface area contributed by atoms with Gasteiger partial charge in [-0.15, -0.1) is 0 Å². The van der Waals surface area contributed by atoms with Gasteiger partial charge in [0.05, 0.1) is 0 Å². The summed E-state index contributed by atoms with van der Waals surface area (Å²) in [6, 6.07) is 12.6. The third-order valence-corrected chi connectivity index (χ3v) is 4.36. The number of carbonyl (C=O) groups is 1. The number of hydrogen-bond donors (Lipinski definition) is 1. The predicted molar refractivity (Wildman–Crippen MR) is 97.0 cm³/mol. The molecule has 5 heteroatoms. The van der Waals surface area contributed by atoms with Crippen molar-refractivity contribution < 1.29 is 13.9 Å². The van der Waals surface area contributed by atoms with Crippen LogP contribution in [-0.2, 0) is 10.5 Å². The van der Waals surface area contributed by atoms with Gasteiger partial charge >= 0.3 is 0 Å². The molecule has 0 heterocycles. The van der Waals surface area contributed by atoms with Crippen LogP contribution in [0.5, 0.6) is 5.75 Å². The number of halogens is 1. The van der Waals surface area contributed by atoms with Crippen molar-refractivity contribution in [2.75, 3.05) is 18.9 Å². The Hall–Kier alpha value is -2.01. The summed E-state index contributed by atoms with van der Waals surface area (Å²) in [4.78, 5) is 11.8. The molecule has 128 valence electrons. The molecule has 0 saturated carbocycles. The molecule has 0 saturated heterocycles. The number of ether oxygens (including phenoxy) is 1. The first-order valence-corrected chi connectivity index (χ1v) is 8.99. The van der Waals surface area contributed by atoms with Crippen LogP contribution in [0.2, 0.25) is 0 Å². The molecule has 0 aliphatic heterocycles. The van der Waals surface area contributed by atoms with Gasteiger partial charge in [0.2, 0.25) is 0 Å². The van der Waals surface area contributed by atoms with Gasteiger partial charge in [-0.2, -0.15) is 11.8 Å². The summed E-state index contributed by atoms with van der Waals surface area (Å²) in [7, 11) is 0. The van der Waals surface area contributed by atoms with Crippen LogP contribution < -0.4 is 10.1 Å². The molecule has 2 aromatic carbocycles. The molecule has 2 aromatic rings. The highest BCUT2D eigenvalue weighted by molar-refractivity contribution is 7.98. The van der Waals surface area contributed by atoms with E-state index in [-0.39, 0.29) is 18.3 Å². The minimum Gasteiger partial charge on any atom is -0.484 e. The van der Waals surface area contributed by atoms with Gasteiger partial charge in [-0.3, -0.25) is 4.79 Å². The van der Waals surface area contributed by atoms with Crippen molar-refractivity contribution in [1.29, 1.82) is 0 Å². The lowest BCUT2D eigenvalue weighted by Crippen LogP contribution is -2.30. The molecule has 24 heavy (non-hydrogen) atoms. The standard InChI is InChI=1S/C19H22FNO2S/c1-14-9-15(2)11-17(10-14)23-12-19(22)21-7-8-24-13-16-5-3-4-6-18(16)20/h3-6,9-11H,7-8,12-13H2,1-2H3,(H,21,22). The predicted octanol–water partition coefficient (Wildman–Crippen LogP) is 3.87. The molecule has 1 amide bonds. The van der Waals surface area contributed by atoms with E-state index in [2.05, 4.69) is 11.4 Å². The van der Waals surface area contributed by atoms with Gasteiger partial charge in [-0.1, -0.05) is 24.3 Å². The maximum absolute atomic E-state index is 13.4. The zero-order chi connectivity index (χ0) is 17.4. The van der Waals surface area contributed by atoms with Gasteiger partial charge in [0, 0.05) is 18.1 Å². The van der Waals surface area contributed by atoms with Gasteiger partial charge in [0.15, 0.2) is 6.61 Å². The normalized spacial score (nSPS) is 10.5. The Balaban J connectivity index is 1.62. The Morgan fingerprint density at radius 3 is 2.58 bits per heavy atom. The van der Waals surface area contributed by atoms with Gasteiger partial charge in [0.1, 0.15) is 11.6 Å². The average molecular weight is 347 g/mol. The monoisotopic (exact) mass is 347 g/mol. The zero-order valence-electron chi connectivity index (χ0n) is 14.0. The summed E-state index contributed by atoms with van der Waals surface area (Å²) >= 11 is 1.59. The van der Waals surface area contributed by atoms with E-state index in [1.165, 1.54) is 6.07 Å². The summed E-state index contributed by atoms with van der Waals surface area (Å²) in [5.41, 5.74) is 2.90. The van der Waals surface area contributed by atoms with E-state index < -0.39 is 0 Å². The molecule has 0 spiro atoms. The molecule has 0 aliphatic rings. The summed E-state index contributed by atoms with van der Waals surface area (Å²) in [5, 5.41) is 2.80. The highest BCUT2D eigenvalue weighted by Crippen LogP contribution is 2.16. The second-order valence-electron chi connectivity index (χ2n) is 5.61.